The van der Waals surface area contributed by atoms with Crippen molar-refractivity contribution in [2.24, 2.45) is 0 Å². The van der Waals surface area contributed by atoms with Crippen LogP contribution in [0.5, 0.6) is 0 Å². The fraction of sp³-hybridized carbons (Fsp3) is 0.143. The standard InChI is InChI=1S/C14H10F4/c1-9-2-4-10(5-3-9)12-8-11(14(16,17)18)6-7-13(12)15/h2-8H,1H3. The van der Waals surface area contributed by atoms with Gasteiger partial charge in [0.25, 0.3) is 0 Å². The van der Waals surface area contributed by atoms with Crippen molar-refractivity contribution in [2.45, 2.75) is 13.1 Å². The van der Waals surface area contributed by atoms with Crippen molar-refractivity contribution in [1.29, 1.82) is 0 Å². The topological polar surface area (TPSA) is 0 Å². The molecule has 0 aliphatic heterocycles. The minimum Gasteiger partial charge on any atom is -0.206 e. The summed E-state index contributed by atoms with van der Waals surface area (Å²) >= 11 is 0. The molecule has 0 heterocycles. The van der Waals surface area contributed by atoms with Crippen molar-refractivity contribution < 1.29 is 17.6 Å². The zero-order valence-electron chi connectivity index (χ0n) is 9.55. The Morgan fingerprint density at radius 2 is 1.50 bits per heavy atom. The van der Waals surface area contributed by atoms with Gasteiger partial charge in [-0.25, -0.2) is 4.39 Å². The van der Waals surface area contributed by atoms with E-state index in [0.29, 0.717) is 5.56 Å². The molecule has 0 nitrogen and oxygen atoms in total. The van der Waals surface area contributed by atoms with E-state index in [9.17, 15) is 17.6 Å². The molecular weight excluding hydrogens is 244 g/mol. The van der Waals surface area contributed by atoms with Crippen LogP contribution in [0.4, 0.5) is 17.6 Å². The Balaban J connectivity index is 2.53. The zero-order chi connectivity index (χ0) is 13.3. The molecule has 0 atom stereocenters. The van der Waals surface area contributed by atoms with E-state index in [0.717, 1.165) is 23.8 Å². The maximum absolute atomic E-state index is 13.6. The highest BCUT2D eigenvalue weighted by Crippen LogP contribution is 2.33. The summed E-state index contributed by atoms with van der Waals surface area (Å²) in [7, 11) is 0. The number of rotatable bonds is 1. The molecule has 0 bridgehead atoms. The first-order valence-electron chi connectivity index (χ1n) is 5.32. The van der Waals surface area contributed by atoms with Crippen molar-refractivity contribution in [3.05, 3.63) is 59.4 Å². The number of hydrogen-bond acceptors (Lipinski definition) is 0. The van der Waals surface area contributed by atoms with Crippen LogP contribution in [0, 0.1) is 12.7 Å². The Labute approximate surface area is 102 Å². The molecule has 2 aromatic rings. The lowest BCUT2D eigenvalue weighted by atomic mass is 10.0. The lowest BCUT2D eigenvalue weighted by Gasteiger charge is -2.10. The number of hydrogen-bond donors (Lipinski definition) is 0. The highest BCUT2D eigenvalue weighted by molar-refractivity contribution is 5.65. The number of aryl methyl sites for hydroxylation is 1. The third kappa shape index (κ3) is 2.53. The third-order valence-corrected chi connectivity index (χ3v) is 2.66. The molecule has 0 saturated carbocycles. The molecule has 4 heteroatoms. The van der Waals surface area contributed by atoms with Gasteiger partial charge in [-0.05, 0) is 30.7 Å². The molecule has 0 aliphatic rings. The average Bonchev–Trinajstić information content (AvgIpc) is 2.29. The fourth-order valence-corrected chi connectivity index (χ4v) is 1.66. The summed E-state index contributed by atoms with van der Waals surface area (Å²) in [6.45, 7) is 1.85. The molecule has 0 spiro atoms. The second-order valence-electron chi connectivity index (χ2n) is 4.06. The van der Waals surface area contributed by atoms with E-state index in [1.165, 1.54) is 0 Å². The van der Waals surface area contributed by atoms with Crippen LogP contribution in [0.2, 0.25) is 0 Å². The maximum Gasteiger partial charge on any atom is 0.416 e. The summed E-state index contributed by atoms with van der Waals surface area (Å²) < 4.78 is 51.2. The first-order chi connectivity index (χ1) is 8.38. The van der Waals surface area contributed by atoms with Crippen LogP contribution in [0.15, 0.2) is 42.5 Å². The van der Waals surface area contributed by atoms with Gasteiger partial charge in [-0.1, -0.05) is 29.8 Å². The van der Waals surface area contributed by atoms with E-state index in [4.69, 9.17) is 0 Å². The van der Waals surface area contributed by atoms with Crippen molar-refractivity contribution in [3.8, 4) is 11.1 Å². The molecule has 18 heavy (non-hydrogen) atoms. The average molecular weight is 254 g/mol. The zero-order valence-corrected chi connectivity index (χ0v) is 9.55. The molecule has 0 aliphatic carbocycles. The first-order valence-corrected chi connectivity index (χ1v) is 5.32. The second-order valence-corrected chi connectivity index (χ2v) is 4.06. The highest BCUT2D eigenvalue weighted by Gasteiger charge is 2.31. The van der Waals surface area contributed by atoms with Gasteiger partial charge in [-0.3, -0.25) is 0 Å². The van der Waals surface area contributed by atoms with Gasteiger partial charge >= 0.3 is 6.18 Å². The van der Waals surface area contributed by atoms with Gasteiger partial charge in [0.2, 0.25) is 0 Å². The van der Waals surface area contributed by atoms with Crippen molar-refractivity contribution in [2.75, 3.05) is 0 Å². The first kappa shape index (κ1) is 12.6. The lowest BCUT2D eigenvalue weighted by Crippen LogP contribution is -2.05. The molecule has 0 unspecified atom stereocenters. The molecule has 0 amide bonds. The lowest BCUT2D eigenvalue weighted by molar-refractivity contribution is -0.137. The predicted octanol–water partition coefficient (Wildman–Crippen LogP) is 4.82. The van der Waals surface area contributed by atoms with Gasteiger partial charge in [0.05, 0.1) is 5.56 Å². The van der Waals surface area contributed by atoms with E-state index in [-0.39, 0.29) is 5.56 Å². The Morgan fingerprint density at radius 1 is 0.889 bits per heavy atom. The molecular formula is C14H10F4. The van der Waals surface area contributed by atoms with E-state index in [2.05, 4.69) is 0 Å². The quantitative estimate of drug-likeness (QED) is 0.640. The Morgan fingerprint density at radius 3 is 2.06 bits per heavy atom. The van der Waals surface area contributed by atoms with Gasteiger partial charge in [0.1, 0.15) is 5.82 Å². The van der Waals surface area contributed by atoms with E-state index in [1.807, 2.05) is 6.92 Å². The van der Waals surface area contributed by atoms with Gasteiger partial charge in [0.15, 0.2) is 0 Å². The summed E-state index contributed by atoms with van der Waals surface area (Å²) in [6, 6.07) is 9.09. The Hall–Kier alpha value is -1.84. The summed E-state index contributed by atoms with van der Waals surface area (Å²) in [4.78, 5) is 0. The van der Waals surface area contributed by atoms with E-state index in [1.54, 1.807) is 24.3 Å². The molecule has 0 saturated heterocycles. The summed E-state index contributed by atoms with van der Waals surface area (Å²) in [6.07, 6.45) is -4.47. The third-order valence-electron chi connectivity index (χ3n) is 2.66. The van der Waals surface area contributed by atoms with Gasteiger partial charge < -0.3 is 0 Å². The molecule has 2 rings (SSSR count). The monoisotopic (exact) mass is 254 g/mol. The van der Waals surface area contributed by atoms with E-state index < -0.39 is 17.6 Å². The Kier molecular flexibility index (Phi) is 3.11. The second kappa shape index (κ2) is 4.44. The van der Waals surface area contributed by atoms with Crippen LogP contribution >= 0.6 is 0 Å². The summed E-state index contributed by atoms with van der Waals surface area (Å²) in [5.41, 5.74) is 0.514. The molecule has 0 aromatic heterocycles. The Bertz CT molecular complexity index is 553. The predicted molar refractivity (Wildman–Crippen MR) is 61.6 cm³/mol. The minimum absolute atomic E-state index is 0.0372. The summed E-state index contributed by atoms with van der Waals surface area (Å²) in [5, 5.41) is 0. The van der Waals surface area contributed by atoms with Gasteiger partial charge in [0, 0.05) is 5.56 Å². The number of halogens is 4. The van der Waals surface area contributed by atoms with Crippen LogP contribution in [0.25, 0.3) is 11.1 Å². The summed E-state index contributed by atoms with van der Waals surface area (Å²) in [5.74, 6) is -0.660. The van der Waals surface area contributed by atoms with Crippen LogP contribution in [0.3, 0.4) is 0 Å². The van der Waals surface area contributed by atoms with Crippen LogP contribution in [-0.4, -0.2) is 0 Å². The van der Waals surface area contributed by atoms with E-state index >= 15 is 0 Å². The smallest absolute Gasteiger partial charge is 0.206 e. The SMILES string of the molecule is Cc1ccc(-c2cc(C(F)(F)F)ccc2F)cc1. The van der Waals surface area contributed by atoms with Gasteiger partial charge in [-0.2, -0.15) is 13.2 Å². The molecule has 0 radical (unpaired) electrons. The normalized spacial score (nSPS) is 11.6. The highest BCUT2D eigenvalue weighted by atomic mass is 19.4. The van der Waals surface area contributed by atoms with Crippen LogP contribution in [-0.2, 0) is 6.18 Å². The van der Waals surface area contributed by atoms with Crippen LogP contribution < -0.4 is 0 Å². The molecule has 2 aromatic carbocycles. The van der Waals surface area contributed by atoms with Crippen LogP contribution in [0.1, 0.15) is 11.1 Å². The maximum atomic E-state index is 13.6. The molecule has 0 fully saturated rings. The number of benzene rings is 2. The largest absolute Gasteiger partial charge is 0.416 e. The molecule has 0 N–H and O–H groups in total. The van der Waals surface area contributed by atoms with Gasteiger partial charge in [-0.15, -0.1) is 0 Å². The van der Waals surface area contributed by atoms with Crippen molar-refractivity contribution in [3.63, 3.8) is 0 Å². The fourth-order valence-electron chi connectivity index (χ4n) is 1.66. The molecule has 94 valence electrons. The minimum atomic E-state index is -4.47. The van der Waals surface area contributed by atoms with Crippen molar-refractivity contribution in [1.82, 2.24) is 0 Å². The number of alkyl halides is 3. The van der Waals surface area contributed by atoms with Crippen molar-refractivity contribution >= 4 is 0 Å².